The molecule has 3 rings (SSSR count). The number of hydrogen-bond acceptors (Lipinski definition) is 3. The summed E-state index contributed by atoms with van der Waals surface area (Å²) in [6.07, 6.45) is 3.78. The standard InChI is InChI=1S/C18H26N4O/c1-12(2)22-16-9-4-3-8-15(16)21-17(22)11-20-18(23)10-13-6-5-7-14(13)19/h3-4,8-9,12-14H,5-7,10-11,19H2,1-2H3,(H,20,23)/t13-,14+/m0/s1. The molecule has 0 saturated heterocycles. The molecule has 0 bridgehead atoms. The van der Waals surface area contributed by atoms with E-state index in [0.717, 1.165) is 36.1 Å². The number of nitrogens with one attached hydrogen (secondary N) is 1. The van der Waals surface area contributed by atoms with Gasteiger partial charge in [-0.05, 0) is 44.7 Å². The number of benzene rings is 1. The second-order valence-corrected chi connectivity index (χ2v) is 6.82. The van der Waals surface area contributed by atoms with E-state index in [-0.39, 0.29) is 11.9 Å². The van der Waals surface area contributed by atoms with Gasteiger partial charge in [-0.25, -0.2) is 4.98 Å². The fourth-order valence-electron chi connectivity index (χ4n) is 3.60. The SMILES string of the molecule is CC(C)n1c(CNC(=O)C[C@@H]2CCC[C@H]2N)nc2ccccc21. The van der Waals surface area contributed by atoms with Crippen molar-refractivity contribution in [3.05, 3.63) is 30.1 Å². The third-order valence-corrected chi connectivity index (χ3v) is 4.79. The van der Waals surface area contributed by atoms with Crippen LogP contribution in [-0.4, -0.2) is 21.5 Å². The minimum atomic E-state index is 0.0784. The Morgan fingerprint density at radius 1 is 1.39 bits per heavy atom. The van der Waals surface area contributed by atoms with E-state index in [9.17, 15) is 4.79 Å². The van der Waals surface area contributed by atoms with Crippen molar-refractivity contribution in [2.75, 3.05) is 0 Å². The van der Waals surface area contributed by atoms with Gasteiger partial charge in [-0.2, -0.15) is 0 Å². The summed E-state index contributed by atoms with van der Waals surface area (Å²) >= 11 is 0. The molecule has 1 saturated carbocycles. The summed E-state index contributed by atoms with van der Waals surface area (Å²) in [7, 11) is 0. The first-order valence-electron chi connectivity index (χ1n) is 8.54. The topological polar surface area (TPSA) is 72.9 Å². The Morgan fingerprint density at radius 2 is 2.17 bits per heavy atom. The lowest BCUT2D eigenvalue weighted by Gasteiger charge is -2.16. The Hall–Kier alpha value is -1.88. The maximum Gasteiger partial charge on any atom is 0.220 e. The van der Waals surface area contributed by atoms with Gasteiger partial charge in [0.1, 0.15) is 5.82 Å². The molecule has 0 aliphatic heterocycles. The highest BCUT2D eigenvalue weighted by atomic mass is 16.1. The number of rotatable bonds is 5. The molecule has 0 spiro atoms. The summed E-state index contributed by atoms with van der Waals surface area (Å²) in [5.74, 6) is 1.32. The molecule has 1 aromatic carbocycles. The van der Waals surface area contributed by atoms with E-state index in [1.807, 2.05) is 18.2 Å². The molecule has 2 aromatic rings. The first-order chi connectivity index (χ1) is 11.1. The van der Waals surface area contributed by atoms with Crippen molar-refractivity contribution in [3.63, 3.8) is 0 Å². The average Bonchev–Trinajstić information content (AvgIpc) is 3.08. The van der Waals surface area contributed by atoms with Crippen molar-refractivity contribution in [2.24, 2.45) is 11.7 Å². The molecule has 1 aliphatic carbocycles. The third kappa shape index (κ3) is 3.39. The van der Waals surface area contributed by atoms with E-state index in [1.165, 1.54) is 0 Å². The Labute approximate surface area is 137 Å². The quantitative estimate of drug-likeness (QED) is 0.891. The third-order valence-electron chi connectivity index (χ3n) is 4.79. The second-order valence-electron chi connectivity index (χ2n) is 6.82. The van der Waals surface area contributed by atoms with Gasteiger partial charge in [0, 0.05) is 18.5 Å². The molecule has 1 fully saturated rings. The van der Waals surface area contributed by atoms with E-state index in [0.29, 0.717) is 24.9 Å². The maximum atomic E-state index is 12.2. The summed E-state index contributed by atoms with van der Waals surface area (Å²) in [4.78, 5) is 16.9. The molecule has 1 amide bonds. The van der Waals surface area contributed by atoms with Gasteiger partial charge >= 0.3 is 0 Å². The van der Waals surface area contributed by atoms with Crippen LogP contribution in [0.15, 0.2) is 24.3 Å². The number of fused-ring (bicyclic) bond motifs is 1. The molecule has 1 aliphatic rings. The highest BCUT2D eigenvalue weighted by Crippen LogP contribution is 2.26. The summed E-state index contributed by atoms with van der Waals surface area (Å²) in [6.45, 7) is 4.74. The first kappa shape index (κ1) is 16.0. The zero-order valence-corrected chi connectivity index (χ0v) is 14.0. The fraction of sp³-hybridized carbons (Fsp3) is 0.556. The molecule has 2 atom stereocenters. The van der Waals surface area contributed by atoms with Gasteiger partial charge in [0.25, 0.3) is 0 Å². The van der Waals surface area contributed by atoms with Gasteiger partial charge in [-0.3, -0.25) is 4.79 Å². The lowest BCUT2D eigenvalue weighted by atomic mass is 10.00. The predicted octanol–water partition coefficient (Wildman–Crippen LogP) is 2.75. The fourth-order valence-corrected chi connectivity index (χ4v) is 3.60. The molecule has 5 nitrogen and oxygen atoms in total. The maximum absolute atomic E-state index is 12.2. The molecule has 23 heavy (non-hydrogen) atoms. The van der Waals surface area contributed by atoms with Crippen molar-refractivity contribution in [1.29, 1.82) is 0 Å². The Morgan fingerprint density at radius 3 is 2.87 bits per heavy atom. The van der Waals surface area contributed by atoms with Crippen LogP contribution >= 0.6 is 0 Å². The number of nitrogens with two attached hydrogens (primary N) is 1. The molecule has 1 aromatic heterocycles. The minimum absolute atomic E-state index is 0.0784. The van der Waals surface area contributed by atoms with Crippen LogP contribution in [0.3, 0.4) is 0 Å². The summed E-state index contributed by atoms with van der Waals surface area (Å²) < 4.78 is 2.19. The van der Waals surface area contributed by atoms with Crippen LogP contribution in [0.5, 0.6) is 0 Å². The number of hydrogen-bond donors (Lipinski definition) is 2. The van der Waals surface area contributed by atoms with Gasteiger partial charge in [-0.1, -0.05) is 18.6 Å². The van der Waals surface area contributed by atoms with Crippen molar-refractivity contribution in [2.45, 2.75) is 58.2 Å². The monoisotopic (exact) mass is 314 g/mol. The molecule has 124 valence electrons. The van der Waals surface area contributed by atoms with Crippen molar-refractivity contribution in [1.82, 2.24) is 14.9 Å². The molecule has 1 heterocycles. The van der Waals surface area contributed by atoms with Gasteiger partial charge in [0.15, 0.2) is 0 Å². The van der Waals surface area contributed by atoms with Gasteiger partial charge < -0.3 is 15.6 Å². The highest BCUT2D eigenvalue weighted by Gasteiger charge is 2.26. The molecule has 5 heteroatoms. The van der Waals surface area contributed by atoms with Crippen LogP contribution in [-0.2, 0) is 11.3 Å². The van der Waals surface area contributed by atoms with E-state index in [4.69, 9.17) is 5.73 Å². The van der Waals surface area contributed by atoms with Crippen molar-refractivity contribution < 1.29 is 4.79 Å². The first-order valence-corrected chi connectivity index (χ1v) is 8.54. The van der Waals surface area contributed by atoms with E-state index < -0.39 is 0 Å². The smallest absolute Gasteiger partial charge is 0.220 e. The predicted molar refractivity (Wildman–Crippen MR) is 91.9 cm³/mol. The summed E-state index contributed by atoms with van der Waals surface area (Å²) in [5.41, 5.74) is 8.14. The summed E-state index contributed by atoms with van der Waals surface area (Å²) in [5, 5.41) is 3.02. The second kappa shape index (κ2) is 6.71. The number of nitrogens with zero attached hydrogens (tertiary/aromatic N) is 2. The molecular weight excluding hydrogens is 288 g/mol. The van der Waals surface area contributed by atoms with Crippen LogP contribution in [0.1, 0.15) is 51.4 Å². The lowest BCUT2D eigenvalue weighted by molar-refractivity contribution is -0.122. The summed E-state index contributed by atoms with van der Waals surface area (Å²) in [6, 6.07) is 8.58. The number of carbonyl (C=O) groups is 1. The minimum Gasteiger partial charge on any atom is -0.349 e. The van der Waals surface area contributed by atoms with E-state index >= 15 is 0 Å². The van der Waals surface area contributed by atoms with Crippen LogP contribution in [0, 0.1) is 5.92 Å². The Kier molecular flexibility index (Phi) is 4.66. The zero-order valence-electron chi connectivity index (χ0n) is 14.0. The molecular formula is C18H26N4O. The number of imidazole rings is 1. The normalized spacial score (nSPS) is 21.2. The zero-order chi connectivity index (χ0) is 16.4. The van der Waals surface area contributed by atoms with E-state index in [1.54, 1.807) is 0 Å². The Balaban J connectivity index is 1.69. The Bertz CT molecular complexity index is 691. The number of aromatic nitrogens is 2. The number of para-hydroxylation sites is 2. The van der Waals surface area contributed by atoms with Gasteiger partial charge in [0.2, 0.25) is 5.91 Å². The number of carbonyl (C=O) groups excluding carboxylic acids is 1. The molecule has 0 radical (unpaired) electrons. The van der Waals surface area contributed by atoms with Gasteiger partial charge in [0.05, 0.1) is 17.6 Å². The van der Waals surface area contributed by atoms with Crippen LogP contribution in [0.25, 0.3) is 11.0 Å². The van der Waals surface area contributed by atoms with Crippen molar-refractivity contribution >= 4 is 16.9 Å². The molecule has 0 unspecified atom stereocenters. The average molecular weight is 314 g/mol. The van der Waals surface area contributed by atoms with Crippen molar-refractivity contribution in [3.8, 4) is 0 Å². The van der Waals surface area contributed by atoms with Gasteiger partial charge in [-0.15, -0.1) is 0 Å². The molecule has 3 N–H and O–H groups in total. The van der Waals surface area contributed by atoms with Crippen LogP contribution < -0.4 is 11.1 Å². The highest BCUT2D eigenvalue weighted by molar-refractivity contribution is 5.77. The lowest BCUT2D eigenvalue weighted by Crippen LogP contribution is -2.32. The number of amides is 1. The largest absolute Gasteiger partial charge is 0.349 e. The van der Waals surface area contributed by atoms with Crippen LogP contribution in [0.2, 0.25) is 0 Å². The van der Waals surface area contributed by atoms with E-state index in [2.05, 4.69) is 34.8 Å². The van der Waals surface area contributed by atoms with Crippen LogP contribution in [0.4, 0.5) is 0 Å².